The monoisotopic (exact) mass is 278 g/mol. The van der Waals surface area contributed by atoms with Crippen molar-refractivity contribution >= 4 is 17.7 Å². The first-order chi connectivity index (χ1) is 9.09. The van der Waals surface area contributed by atoms with Gasteiger partial charge >= 0.3 is 0 Å². The lowest BCUT2D eigenvalue weighted by Gasteiger charge is -2.25. The van der Waals surface area contributed by atoms with E-state index in [2.05, 4.69) is 6.92 Å². The van der Waals surface area contributed by atoms with Gasteiger partial charge in [-0.3, -0.25) is 4.79 Å². The van der Waals surface area contributed by atoms with Gasteiger partial charge < -0.3 is 10.6 Å². The maximum absolute atomic E-state index is 12.6. The molecule has 0 radical (unpaired) electrons. The Morgan fingerprint density at radius 2 is 2.16 bits per heavy atom. The lowest BCUT2D eigenvalue weighted by molar-refractivity contribution is -0.130. The fraction of sp³-hybridized carbons (Fsp3) is 0.533. The Balaban J connectivity index is 2.11. The van der Waals surface area contributed by atoms with Crippen LogP contribution in [-0.2, 0) is 4.79 Å². The summed E-state index contributed by atoms with van der Waals surface area (Å²) in [6.07, 6.45) is 3.00. The van der Waals surface area contributed by atoms with Crippen LogP contribution in [0, 0.1) is 5.41 Å². The van der Waals surface area contributed by atoms with Crippen molar-refractivity contribution in [2.45, 2.75) is 18.6 Å². The summed E-state index contributed by atoms with van der Waals surface area (Å²) in [7, 11) is 0. The number of nitrogens with two attached hydrogens (primary N) is 1. The Morgan fingerprint density at radius 3 is 2.68 bits per heavy atom. The molecule has 1 amide bonds. The smallest absolute Gasteiger partial charge is 0.240 e. The zero-order valence-corrected chi connectivity index (χ0v) is 12.5. The highest BCUT2D eigenvalue weighted by Crippen LogP contribution is 2.34. The molecular formula is C15H22N2OS. The fourth-order valence-corrected chi connectivity index (χ4v) is 3.33. The second-order valence-corrected chi connectivity index (χ2v) is 6.49. The van der Waals surface area contributed by atoms with Crippen LogP contribution in [0.3, 0.4) is 0 Å². The van der Waals surface area contributed by atoms with E-state index in [1.807, 2.05) is 41.5 Å². The maximum atomic E-state index is 12.6. The highest BCUT2D eigenvalue weighted by Gasteiger charge is 2.37. The predicted octanol–water partition coefficient (Wildman–Crippen LogP) is 2.29. The summed E-state index contributed by atoms with van der Waals surface area (Å²) in [6.45, 7) is 4.42. The summed E-state index contributed by atoms with van der Waals surface area (Å²) in [5, 5.41) is -0.0960. The zero-order valence-electron chi connectivity index (χ0n) is 11.6. The van der Waals surface area contributed by atoms with Gasteiger partial charge in [0.1, 0.15) is 5.25 Å². The molecule has 1 aromatic rings. The van der Waals surface area contributed by atoms with Crippen LogP contribution in [-0.4, -0.2) is 36.7 Å². The van der Waals surface area contributed by atoms with Crippen LogP contribution in [0.2, 0.25) is 0 Å². The largest absolute Gasteiger partial charge is 0.341 e. The quantitative estimate of drug-likeness (QED) is 0.919. The van der Waals surface area contributed by atoms with E-state index in [0.717, 1.165) is 25.1 Å². The number of thioether (sulfide) groups is 1. The number of benzene rings is 1. The predicted molar refractivity (Wildman–Crippen MR) is 81.1 cm³/mol. The molecule has 2 unspecified atom stereocenters. The van der Waals surface area contributed by atoms with Crippen LogP contribution in [0.1, 0.15) is 24.2 Å². The molecular weight excluding hydrogens is 256 g/mol. The van der Waals surface area contributed by atoms with E-state index in [1.54, 1.807) is 11.8 Å². The molecule has 3 nitrogen and oxygen atoms in total. The van der Waals surface area contributed by atoms with Crippen LogP contribution < -0.4 is 5.73 Å². The minimum absolute atomic E-state index is 0.0926. The second kappa shape index (κ2) is 5.97. The molecule has 2 atom stereocenters. The van der Waals surface area contributed by atoms with Crippen molar-refractivity contribution in [3.8, 4) is 0 Å². The number of hydrogen-bond acceptors (Lipinski definition) is 3. The Hall–Kier alpha value is -1.00. The first-order valence-electron chi connectivity index (χ1n) is 6.66. The van der Waals surface area contributed by atoms with E-state index in [-0.39, 0.29) is 16.6 Å². The summed E-state index contributed by atoms with van der Waals surface area (Å²) < 4.78 is 0. The number of carbonyl (C=O) groups excluding carboxylic acids is 1. The number of amides is 1. The van der Waals surface area contributed by atoms with Crippen LogP contribution in [0.25, 0.3) is 0 Å². The number of carbonyl (C=O) groups is 1. The molecule has 104 valence electrons. The molecule has 19 heavy (non-hydrogen) atoms. The molecule has 1 saturated heterocycles. The second-order valence-electron chi connectivity index (χ2n) is 5.55. The molecule has 2 rings (SSSR count). The summed E-state index contributed by atoms with van der Waals surface area (Å²) in [5.74, 6) is 0.218. The van der Waals surface area contributed by atoms with Crippen LogP contribution in [0.15, 0.2) is 30.3 Å². The lowest BCUT2D eigenvalue weighted by Crippen LogP contribution is -2.36. The Morgan fingerprint density at radius 1 is 1.47 bits per heavy atom. The molecule has 0 aromatic heterocycles. The molecule has 1 heterocycles. The van der Waals surface area contributed by atoms with Gasteiger partial charge in [-0.2, -0.15) is 0 Å². The average molecular weight is 278 g/mol. The average Bonchev–Trinajstić information content (AvgIpc) is 2.84. The highest BCUT2D eigenvalue weighted by molar-refractivity contribution is 7.99. The molecule has 0 bridgehead atoms. The van der Waals surface area contributed by atoms with Crippen LogP contribution in [0.4, 0.5) is 0 Å². The molecule has 1 aromatic carbocycles. The van der Waals surface area contributed by atoms with Crippen molar-refractivity contribution in [3.05, 3.63) is 35.9 Å². The number of hydrogen-bond donors (Lipinski definition) is 1. The number of likely N-dealkylation sites (tertiary alicyclic amines) is 1. The minimum Gasteiger partial charge on any atom is -0.341 e. The van der Waals surface area contributed by atoms with Crippen LogP contribution in [0.5, 0.6) is 0 Å². The van der Waals surface area contributed by atoms with Gasteiger partial charge in [-0.25, -0.2) is 0 Å². The molecule has 4 heteroatoms. The molecule has 0 saturated carbocycles. The molecule has 2 N–H and O–H groups in total. The Bertz CT molecular complexity index is 437. The first-order valence-corrected chi connectivity index (χ1v) is 7.95. The lowest BCUT2D eigenvalue weighted by atomic mass is 9.90. The van der Waals surface area contributed by atoms with Gasteiger partial charge in [-0.15, -0.1) is 11.8 Å². The fourth-order valence-electron chi connectivity index (χ4n) is 2.55. The van der Waals surface area contributed by atoms with E-state index < -0.39 is 0 Å². The van der Waals surface area contributed by atoms with E-state index in [0.29, 0.717) is 6.54 Å². The van der Waals surface area contributed by atoms with Gasteiger partial charge in [0, 0.05) is 13.1 Å². The van der Waals surface area contributed by atoms with Gasteiger partial charge in [-0.05, 0) is 30.2 Å². The molecule has 1 aliphatic heterocycles. The maximum Gasteiger partial charge on any atom is 0.240 e. The Labute approximate surface area is 119 Å². The third kappa shape index (κ3) is 3.12. The summed E-state index contributed by atoms with van der Waals surface area (Å²) in [6, 6.07) is 10.0. The topological polar surface area (TPSA) is 46.3 Å². The van der Waals surface area contributed by atoms with Crippen molar-refractivity contribution in [2.24, 2.45) is 11.1 Å². The van der Waals surface area contributed by atoms with Crippen LogP contribution >= 0.6 is 11.8 Å². The third-order valence-corrected chi connectivity index (χ3v) is 4.87. The van der Waals surface area contributed by atoms with Gasteiger partial charge in [0.2, 0.25) is 5.91 Å². The van der Waals surface area contributed by atoms with Gasteiger partial charge in [0.05, 0.1) is 0 Å². The highest BCUT2D eigenvalue weighted by atomic mass is 32.2. The molecule has 1 aliphatic rings. The summed E-state index contributed by atoms with van der Waals surface area (Å²) >= 11 is 1.60. The van der Waals surface area contributed by atoms with E-state index in [4.69, 9.17) is 5.73 Å². The summed E-state index contributed by atoms with van der Waals surface area (Å²) in [5.41, 5.74) is 6.98. The molecule has 1 fully saturated rings. The summed E-state index contributed by atoms with van der Waals surface area (Å²) in [4.78, 5) is 14.6. The third-order valence-electron chi connectivity index (χ3n) is 3.92. The van der Waals surface area contributed by atoms with Gasteiger partial charge in [0.25, 0.3) is 0 Å². The van der Waals surface area contributed by atoms with E-state index >= 15 is 0 Å². The van der Waals surface area contributed by atoms with Gasteiger partial charge in [0.15, 0.2) is 0 Å². The van der Waals surface area contributed by atoms with Crippen molar-refractivity contribution in [2.75, 3.05) is 25.9 Å². The van der Waals surface area contributed by atoms with E-state index in [9.17, 15) is 4.79 Å². The van der Waals surface area contributed by atoms with Gasteiger partial charge in [-0.1, -0.05) is 37.3 Å². The SMILES string of the molecule is CSC(C(=O)N1CCC(C)(CN)C1)c1ccccc1. The van der Waals surface area contributed by atoms with E-state index in [1.165, 1.54) is 0 Å². The molecule has 0 aliphatic carbocycles. The normalized spacial score (nSPS) is 24.5. The number of rotatable bonds is 4. The zero-order chi connectivity index (χ0) is 13.9. The molecule has 0 spiro atoms. The van der Waals surface area contributed by atoms with Crippen molar-refractivity contribution in [1.82, 2.24) is 4.90 Å². The standard InChI is InChI=1S/C15H22N2OS/c1-15(10-16)8-9-17(11-15)14(18)13(19-2)12-6-4-3-5-7-12/h3-7,13H,8-11,16H2,1-2H3. The minimum atomic E-state index is -0.0960. The number of nitrogens with zero attached hydrogens (tertiary/aromatic N) is 1. The van der Waals surface area contributed by atoms with Crippen molar-refractivity contribution in [1.29, 1.82) is 0 Å². The first kappa shape index (κ1) is 14.4. The van der Waals surface area contributed by atoms with Crippen molar-refractivity contribution in [3.63, 3.8) is 0 Å². The Kier molecular flexibility index (Phi) is 4.53. The van der Waals surface area contributed by atoms with Crippen molar-refractivity contribution < 1.29 is 4.79 Å².